The number of hydrogen-bond acceptors (Lipinski definition) is 4. The van der Waals surface area contributed by atoms with Crippen LogP contribution < -0.4 is 11.1 Å². The quantitative estimate of drug-likeness (QED) is 0.819. The van der Waals surface area contributed by atoms with Crippen LogP contribution in [0.4, 0.5) is 5.69 Å². The Morgan fingerprint density at radius 1 is 1.30 bits per heavy atom. The molecule has 0 saturated carbocycles. The predicted octanol–water partition coefficient (Wildman–Crippen LogP) is 2.31. The highest BCUT2D eigenvalue weighted by molar-refractivity contribution is 5.99. The molecule has 3 N–H and O–H groups in total. The Labute approximate surface area is 118 Å². The zero-order chi connectivity index (χ0) is 14.5. The smallest absolute Gasteiger partial charge is 0.253 e. The van der Waals surface area contributed by atoms with Crippen molar-refractivity contribution in [3.05, 3.63) is 46.8 Å². The lowest BCUT2D eigenvalue weighted by Crippen LogP contribution is -2.24. The number of nitrogens with one attached hydrogen (secondary N) is 1. The van der Waals surface area contributed by atoms with Crippen LogP contribution in [0.5, 0.6) is 0 Å². The first-order chi connectivity index (χ1) is 9.67. The van der Waals surface area contributed by atoms with Crippen LogP contribution in [0.1, 0.15) is 41.2 Å². The molecule has 0 aliphatic rings. The topological polar surface area (TPSA) is 81.2 Å². The summed E-state index contributed by atoms with van der Waals surface area (Å²) in [7, 11) is 0. The minimum Gasteiger partial charge on any atom is -0.398 e. The summed E-state index contributed by atoms with van der Waals surface area (Å²) in [4.78, 5) is 12.1. The lowest BCUT2D eigenvalue weighted by molar-refractivity contribution is 0.0951. The third kappa shape index (κ3) is 2.82. The Hall–Kier alpha value is -2.30. The predicted molar refractivity (Wildman–Crippen MR) is 77.3 cm³/mol. The molecule has 2 aromatic rings. The zero-order valence-corrected chi connectivity index (χ0v) is 11.8. The molecule has 1 heterocycles. The Balaban J connectivity index is 2.11. The molecule has 20 heavy (non-hydrogen) atoms. The number of benzene rings is 1. The van der Waals surface area contributed by atoms with E-state index in [4.69, 9.17) is 10.3 Å². The number of carbonyl (C=O) groups is 1. The second kappa shape index (κ2) is 6.23. The fraction of sp³-hybridized carbons (Fsp3) is 0.333. The molecular weight excluding hydrogens is 254 g/mol. The van der Waals surface area contributed by atoms with Crippen LogP contribution in [-0.4, -0.2) is 11.1 Å². The van der Waals surface area contributed by atoms with Crippen LogP contribution in [0.2, 0.25) is 0 Å². The van der Waals surface area contributed by atoms with Gasteiger partial charge in [-0.2, -0.15) is 0 Å². The van der Waals surface area contributed by atoms with Crippen LogP contribution in [0.25, 0.3) is 0 Å². The average Bonchev–Trinajstić information content (AvgIpc) is 2.87. The molecule has 0 atom stereocenters. The van der Waals surface area contributed by atoms with Gasteiger partial charge in [-0.1, -0.05) is 31.1 Å². The summed E-state index contributed by atoms with van der Waals surface area (Å²) in [5.74, 6) is 0.636. The van der Waals surface area contributed by atoms with E-state index in [1.54, 1.807) is 24.3 Å². The standard InChI is InChI=1S/C15H19N3O2/c1-3-13-11(14(4-2)20-18-13)9-17-15(19)10-7-5-6-8-12(10)16/h5-8H,3-4,9,16H2,1-2H3,(H,17,19). The number of amides is 1. The van der Waals surface area contributed by atoms with Crippen LogP contribution in [0, 0.1) is 0 Å². The second-order valence-electron chi connectivity index (χ2n) is 4.51. The van der Waals surface area contributed by atoms with Gasteiger partial charge in [-0.15, -0.1) is 0 Å². The highest BCUT2D eigenvalue weighted by atomic mass is 16.5. The largest absolute Gasteiger partial charge is 0.398 e. The molecule has 1 aromatic heterocycles. The van der Waals surface area contributed by atoms with Gasteiger partial charge in [-0.3, -0.25) is 4.79 Å². The molecule has 0 spiro atoms. The number of aromatic nitrogens is 1. The fourth-order valence-corrected chi connectivity index (χ4v) is 2.11. The van der Waals surface area contributed by atoms with Crippen molar-refractivity contribution in [3.63, 3.8) is 0 Å². The van der Waals surface area contributed by atoms with Gasteiger partial charge < -0.3 is 15.6 Å². The minimum atomic E-state index is -0.187. The van der Waals surface area contributed by atoms with Crippen molar-refractivity contribution >= 4 is 11.6 Å². The number of aryl methyl sites for hydroxylation is 2. The number of hydrogen-bond donors (Lipinski definition) is 2. The van der Waals surface area contributed by atoms with Crippen molar-refractivity contribution in [2.45, 2.75) is 33.2 Å². The number of nitrogens with two attached hydrogens (primary N) is 1. The SMILES string of the molecule is CCc1noc(CC)c1CNC(=O)c1ccccc1N. The summed E-state index contributed by atoms with van der Waals surface area (Å²) >= 11 is 0. The van der Waals surface area contributed by atoms with Crippen molar-refractivity contribution in [2.75, 3.05) is 5.73 Å². The molecule has 0 saturated heterocycles. The number of rotatable bonds is 5. The molecule has 0 aliphatic heterocycles. The monoisotopic (exact) mass is 273 g/mol. The van der Waals surface area contributed by atoms with E-state index in [2.05, 4.69) is 10.5 Å². The summed E-state index contributed by atoms with van der Waals surface area (Å²) in [6.45, 7) is 4.42. The molecule has 0 aliphatic carbocycles. The van der Waals surface area contributed by atoms with E-state index >= 15 is 0 Å². The molecule has 106 valence electrons. The molecular formula is C15H19N3O2. The number of anilines is 1. The van der Waals surface area contributed by atoms with E-state index < -0.39 is 0 Å². The highest BCUT2D eigenvalue weighted by Gasteiger charge is 2.15. The Kier molecular flexibility index (Phi) is 4.40. The Morgan fingerprint density at radius 3 is 2.70 bits per heavy atom. The second-order valence-corrected chi connectivity index (χ2v) is 4.51. The Bertz CT molecular complexity index is 583. The molecule has 0 bridgehead atoms. The number of carbonyl (C=O) groups excluding carboxylic acids is 1. The molecule has 5 nitrogen and oxygen atoms in total. The molecule has 2 rings (SSSR count). The summed E-state index contributed by atoms with van der Waals surface area (Å²) in [5, 5.41) is 6.90. The minimum absolute atomic E-state index is 0.187. The molecule has 0 unspecified atom stereocenters. The van der Waals surface area contributed by atoms with Gasteiger partial charge in [0.2, 0.25) is 0 Å². The van der Waals surface area contributed by atoms with Crippen molar-refractivity contribution in [1.29, 1.82) is 0 Å². The summed E-state index contributed by atoms with van der Waals surface area (Å²) in [6.07, 6.45) is 1.54. The summed E-state index contributed by atoms with van der Waals surface area (Å²) in [5.41, 5.74) is 8.61. The van der Waals surface area contributed by atoms with E-state index in [9.17, 15) is 4.79 Å². The summed E-state index contributed by atoms with van der Waals surface area (Å²) in [6, 6.07) is 7.01. The number of nitrogen functional groups attached to an aromatic ring is 1. The van der Waals surface area contributed by atoms with E-state index in [1.807, 2.05) is 13.8 Å². The van der Waals surface area contributed by atoms with Gasteiger partial charge in [-0.25, -0.2) is 0 Å². The maximum absolute atomic E-state index is 12.1. The third-order valence-corrected chi connectivity index (χ3v) is 3.24. The lowest BCUT2D eigenvalue weighted by atomic mass is 10.1. The maximum atomic E-state index is 12.1. The van der Waals surface area contributed by atoms with Gasteiger partial charge in [0.15, 0.2) is 0 Å². The van der Waals surface area contributed by atoms with Crippen molar-refractivity contribution in [2.24, 2.45) is 0 Å². The first kappa shape index (κ1) is 14.1. The normalized spacial score (nSPS) is 10.5. The summed E-state index contributed by atoms with van der Waals surface area (Å²) < 4.78 is 5.27. The molecule has 5 heteroatoms. The van der Waals surface area contributed by atoms with Crippen molar-refractivity contribution in [3.8, 4) is 0 Å². The van der Waals surface area contributed by atoms with Crippen LogP contribution in [-0.2, 0) is 19.4 Å². The van der Waals surface area contributed by atoms with Gasteiger partial charge in [0.25, 0.3) is 5.91 Å². The van der Waals surface area contributed by atoms with E-state index in [0.29, 0.717) is 17.8 Å². The van der Waals surface area contributed by atoms with Gasteiger partial charge in [0, 0.05) is 24.2 Å². The van der Waals surface area contributed by atoms with Crippen LogP contribution >= 0.6 is 0 Å². The number of para-hydroxylation sites is 1. The molecule has 1 aromatic carbocycles. The van der Waals surface area contributed by atoms with E-state index in [1.165, 1.54) is 0 Å². The van der Waals surface area contributed by atoms with Gasteiger partial charge in [0.1, 0.15) is 5.76 Å². The third-order valence-electron chi connectivity index (χ3n) is 3.24. The van der Waals surface area contributed by atoms with Gasteiger partial charge >= 0.3 is 0 Å². The van der Waals surface area contributed by atoms with Crippen LogP contribution in [0.3, 0.4) is 0 Å². The average molecular weight is 273 g/mol. The first-order valence-corrected chi connectivity index (χ1v) is 6.76. The zero-order valence-electron chi connectivity index (χ0n) is 11.8. The first-order valence-electron chi connectivity index (χ1n) is 6.76. The van der Waals surface area contributed by atoms with Crippen LogP contribution in [0.15, 0.2) is 28.8 Å². The number of nitrogens with zero attached hydrogens (tertiary/aromatic N) is 1. The van der Waals surface area contributed by atoms with E-state index in [-0.39, 0.29) is 5.91 Å². The fourth-order valence-electron chi connectivity index (χ4n) is 2.11. The van der Waals surface area contributed by atoms with Gasteiger partial charge in [0.05, 0.1) is 11.3 Å². The molecule has 0 fully saturated rings. The van der Waals surface area contributed by atoms with Crippen molar-refractivity contribution < 1.29 is 9.32 Å². The van der Waals surface area contributed by atoms with Crippen molar-refractivity contribution in [1.82, 2.24) is 10.5 Å². The van der Waals surface area contributed by atoms with E-state index in [0.717, 1.165) is 29.9 Å². The lowest BCUT2D eigenvalue weighted by Gasteiger charge is -2.07. The highest BCUT2D eigenvalue weighted by Crippen LogP contribution is 2.16. The Morgan fingerprint density at radius 2 is 2.05 bits per heavy atom. The van der Waals surface area contributed by atoms with Gasteiger partial charge in [-0.05, 0) is 18.6 Å². The molecule has 1 amide bonds. The molecule has 0 radical (unpaired) electrons. The maximum Gasteiger partial charge on any atom is 0.253 e.